The van der Waals surface area contributed by atoms with Crippen molar-refractivity contribution in [2.24, 2.45) is 0 Å². The summed E-state index contributed by atoms with van der Waals surface area (Å²) in [5.41, 5.74) is 0.615. The maximum Gasteiger partial charge on any atom is 0.279 e. The average Bonchev–Trinajstić information content (AvgIpc) is 3.05. The van der Waals surface area contributed by atoms with E-state index in [4.69, 9.17) is 4.74 Å². The smallest absolute Gasteiger partial charge is 0.279 e. The molecule has 2 heterocycles. The third-order valence-electron chi connectivity index (χ3n) is 3.63. The number of nitrogens with zero attached hydrogens (tertiary/aromatic N) is 2. The number of hydrogen-bond donors (Lipinski definition) is 2. The number of carbonyl (C=O) groups excluding carboxylic acids is 1. The molecular formula is C19H12FN3O3S. The van der Waals surface area contributed by atoms with Crippen molar-refractivity contribution >= 4 is 32.6 Å². The summed E-state index contributed by atoms with van der Waals surface area (Å²) in [6.07, 6.45) is 1.42. The van der Waals surface area contributed by atoms with Crippen LogP contribution in [0.1, 0.15) is 10.5 Å². The quantitative estimate of drug-likeness (QED) is 0.540. The fourth-order valence-electron chi connectivity index (χ4n) is 2.39. The molecule has 134 valence electrons. The van der Waals surface area contributed by atoms with Crippen molar-refractivity contribution in [3.05, 3.63) is 72.3 Å². The predicted molar refractivity (Wildman–Crippen MR) is 99.9 cm³/mol. The van der Waals surface area contributed by atoms with Crippen molar-refractivity contribution in [3.63, 3.8) is 0 Å². The Kier molecular flexibility index (Phi) is 4.39. The van der Waals surface area contributed by atoms with E-state index in [0.717, 1.165) is 4.70 Å². The highest BCUT2D eigenvalue weighted by molar-refractivity contribution is 7.22. The van der Waals surface area contributed by atoms with Gasteiger partial charge in [0.15, 0.2) is 10.8 Å². The number of benzene rings is 2. The number of fused-ring (bicyclic) bond motifs is 1. The minimum atomic E-state index is -0.546. The average molecular weight is 381 g/mol. The number of aromatic nitrogens is 2. The fourth-order valence-corrected chi connectivity index (χ4v) is 3.28. The zero-order valence-electron chi connectivity index (χ0n) is 13.7. The van der Waals surface area contributed by atoms with E-state index in [1.807, 2.05) is 0 Å². The zero-order valence-corrected chi connectivity index (χ0v) is 14.5. The maximum atomic E-state index is 13.0. The van der Waals surface area contributed by atoms with Gasteiger partial charge in [-0.1, -0.05) is 11.3 Å². The fraction of sp³-hybridized carbons (Fsp3) is 0. The van der Waals surface area contributed by atoms with Crippen LogP contribution in [0.4, 0.5) is 9.52 Å². The van der Waals surface area contributed by atoms with Crippen molar-refractivity contribution < 1.29 is 19.0 Å². The van der Waals surface area contributed by atoms with Crippen LogP contribution >= 0.6 is 11.3 Å². The van der Waals surface area contributed by atoms with Crippen LogP contribution < -0.4 is 10.1 Å². The number of anilines is 1. The second-order valence-corrected chi connectivity index (χ2v) is 6.56. The lowest BCUT2D eigenvalue weighted by Gasteiger charge is -2.04. The number of thiazole rings is 1. The minimum Gasteiger partial charge on any atom is -0.505 e. The lowest BCUT2D eigenvalue weighted by Crippen LogP contribution is -2.13. The molecule has 4 rings (SSSR count). The molecule has 2 N–H and O–H groups in total. The first-order valence-corrected chi connectivity index (χ1v) is 8.69. The topological polar surface area (TPSA) is 84.3 Å². The van der Waals surface area contributed by atoms with Crippen LogP contribution in [0.2, 0.25) is 0 Å². The molecule has 0 radical (unpaired) electrons. The SMILES string of the molecule is O=C(Nc1nc2ccc(Oc3ccc(F)cc3)cc2s1)c1ncccc1O. The molecule has 0 saturated carbocycles. The molecule has 8 heteroatoms. The van der Waals surface area contributed by atoms with Gasteiger partial charge in [0.25, 0.3) is 5.91 Å². The van der Waals surface area contributed by atoms with Crippen LogP contribution in [0, 0.1) is 5.82 Å². The molecule has 0 bridgehead atoms. The van der Waals surface area contributed by atoms with Gasteiger partial charge in [0.05, 0.1) is 10.2 Å². The number of nitrogens with one attached hydrogen (secondary N) is 1. The van der Waals surface area contributed by atoms with Crippen LogP contribution in [0.3, 0.4) is 0 Å². The normalized spacial score (nSPS) is 10.7. The Morgan fingerprint density at radius 1 is 1.11 bits per heavy atom. The zero-order chi connectivity index (χ0) is 18.8. The largest absolute Gasteiger partial charge is 0.505 e. The van der Waals surface area contributed by atoms with E-state index < -0.39 is 5.91 Å². The van der Waals surface area contributed by atoms with Gasteiger partial charge in [0, 0.05) is 12.3 Å². The summed E-state index contributed by atoms with van der Waals surface area (Å²) in [5.74, 6) is -0.00181. The van der Waals surface area contributed by atoms with Gasteiger partial charge in [-0.3, -0.25) is 10.1 Å². The molecule has 6 nitrogen and oxygen atoms in total. The first kappa shape index (κ1) is 16.9. The van der Waals surface area contributed by atoms with Crippen molar-refractivity contribution in [2.75, 3.05) is 5.32 Å². The van der Waals surface area contributed by atoms with E-state index in [1.165, 1.54) is 53.9 Å². The van der Waals surface area contributed by atoms with E-state index in [0.29, 0.717) is 22.1 Å². The molecule has 0 unspecified atom stereocenters. The van der Waals surface area contributed by atoms with Crippen molar-refractivity contribution in [3.8, 4) is 17.2 Å². The van der Waals surface area contributed by atoms with Crippen molar-refractivity contribution in [1.82, 2.24) is 9.97 Å². The molecule has 1 amide bonds. The Balaban J connectivity index is 1.55. The summed E-state index contributed by atoms with van der Waals surface area (Å²) < 4.78 is 19.5. The molecule has 0 spiro atoms. The summed E-state index contributed by atoms with van der Waals surface area (Å²) in [6, 6.07) is 13.9. The molecule has 0 aliphatic carbocycles. The lowest BCUT2D eigenvalue weighted by atomic mass is 10.3. The molecule has 4 aromatic rings. The summed E-state index contributed by atoms with van der Waals surface area (Å²) in [5, 5.41) is 12.7. The summed E-state index contributed by atoms with van der Waals surface area (Å²) in [6.45, 7) is 0. The van der Waals surface area contributed by atoms with Crippen LogP contribution in [0.15, 0.2) is 60.8 Å². The Bertz CT molecular complexity index is 1130. The number of ether oxygens (including phenoxy) is 1. The second kappa shape index (κ2) is 7.00. The van der Waals surface area contributed by atoms with Gasteiger partial charge in [-0.15, -0.1) is 0 Å². The summed E-state index contributed by atoms with van der Waals surface area (Å²) >= 11 is 1.26. The number of halogens is 1. The van der Waals surface area contributed by atoms with E-state index in [9.17, 15) is 14.3 Å². The molecule has 0 aliphatic heterocycles. The van der Waals surface area contributed by atoms with Gasteiger partial charge < -0.3 is 9.84 Å². The van der Waals surface area contributed by atoms with Crippen LogP contribution in [-0.2, 0) is 0 Å². The van der Waals surface area contributed by atoms with Gasteiger partial charge in [-0.25, -0.2) is 14.4 Å². The van der Waals surface area contributed by atoms with E-state index >= 15 is 0 Å². The molecule has 2 aromatic carbocycles. The Morgan fingerprint density at radius 2 is 1.89 bits per heavy atom. The molecule has 0 saturated heterocycles. The van der Waals surface area contributed by atoms with Gasteiger partial charge in [0.2, 0.25) is 0 Å². The third kappa shape index (κ3) is 3.70. The van der Waals surface area contributed by atoms with Crippen LogP contribution in [0.25, 0.3) is 10.2 Å². The summed E-state index contributed by atoms with van der Waals surface area (Å²) in [4.78, 5) is 20.4. The number of carbonyl (C=O) groups is 1. The lowest BCUT2D eigenvalue weighted by molar-refractivity contribution is 0.101. The molecule has 0 atom stereocenters. The molecule has 2 aromatic heterocycles. The van der Waals surface area contributed by atoms with Crippen molar-refractivity contribution in [2.45, 2.75) is 0 Å². The number of rotatable bonds is 4. The van der Waals surface area contributed by atoms with Gasteiger partial charge in [0.1, 0.15) is 23.1 Å². The molecular weight excluding hydrogens is 369 g/mol. The Hall–Kier alpha value is -3.52. The second-order valence-electron chi connectivity index (χ2n) is 5.53. The van der Waals surface area contributed by atoms with E-state index in [-0.39, 0.29) is 17.3 Å². The van der Waals surface area contributed by atoms with Crippen LogP contribution in [0.5, 0.6) is 17.2 Å². The third-order valence-corrected chi connectivity index (χ3v) is 4.56. The van der Waals surface area contributed by atoms with Gasteiger partial charge in [-0.2, -0.15) is 0 Å². The predicted octanol–water partition coefficient (Wildman–Crippen LogP) is 4.58. The Morgan fingerprint density at radius 3 is 2.67 bits per heavy atom. The number of pyridine rings is 1. The van der Waals surface area contributed by atoms with Crippen molar-refractivity contribution in [1.29, 1.82) is 0 Å². The van der Waals surface area contributed by atoms with Gasteiger partial charge in [-0.05, 0) is 48.5 Å². The molecule has 0 aliphatic rings. The Labute approximate surface area is 156 Å². The standard InChI is InChI=1S/C19H12FN3O3S/c20-11-3-5-12(6-4-11)26-13-7-8-14-16(10-13)27-19(22-14)23-18(25)17-15(24)2-1-9-21-17/h1-10,24H,(H,22,23,25). The number of hydrogen-bond acceptors (Lipinski definition) is 6. The molecule has 0 fully saturated rings. The first-order chi connectivity index (χ1) is 13.1. The van der Waals surface area contributed by atoms with E-state index in [2.05, 4.69) is 15.3 Å². The molecule has 27 heavy (non-hydrogen) atoms. The van der Waals surface area contributed by atoms with Crippen LogP contribution in [-0.4, -0.2) is 21.0 Å². The summed E-state index contributed by atoms with van der Waals surface area (Å²) in [7, 11) is 0. The van der Waals surface area contributed by atoms with Gasteiger partial charge >= 0.3 is 0 Å². The monoisotopic (exact) mass is 381 g/mol. The number of aromatic hydroxyl groups is 1. The number of amides is 1. The highest BCUT2D eigenvalue weighted by Crippen LogP contribution is 2.31. The minimum absolute atomic E-state index is 0.0721. The van der Waals surface area contributed by atoms with E-state index in [1.54, 1.807) is 18.2 Å². The first-order valence-electron chi connectivity index (χ1n) is 7.88. The maximum absolute atomic E-state index is 13.0. The highest BCUT2D eigenvalue weighted by atomic mass is 32.1. The highest BCUT2D eigenvalue weighted by Gasteiger charge is 2.15.